The average molecular weight is 373 g/mol. The molecule has 1 aliphatic rings. The minimum absolute atomic E-state index is 0.296. The summed E-state index contributed by atoms with van der Waals surface area (Å²) in [5, 5.41) is 8.31. The molecule has 3 amide bonds. The Morgan fingerprint density at radius 3 is 1.33 bits per heavy atom. The van der Waals surface area contributed by atoms with Crippen molar-refractivity contribution in [2.24, 2.45) is 0 Å². The molecule has 0 aliphatic carbocycles. The topological polar surface area (TPSA) is 58.2 Å². The van der Waals surface area contributed by atoms with Crippen LogP contribution in [-0.2, 0) is 4.79 Å². The molecule has 1 aliphatic heterocycles. The van der Waals surface area contributed by atoms with Crippen LogP contribution < -0.4 is 26.5 Å². The Balaban J connectivity index is 2.06. The first-order chi connectivity index (χ1) is 13.2. The normalized spacial score (nSPS) is 15.5. The van der Waals surface area contributed by atoms with Gasteiger partial charge in [-0.25, -0.2) is 4.79 Å². The van der Waals surface area contributed by atoms with Crippen LogP contribution >= 0.6 is 7.26 Å². The number of carbonyl (C=O) groups is 2. The van der Waals surface area contributed by atoms with Crippen molar-refractivity contribution in [1.82, 2.24) is 10.6 Å². The first kappa shape index (κ1) is 17.2. The summed E-state index contributed by atoms with van der Waals surface area (Å²) in [6, 6.07) is 30.0. The molecule has 0 spiro atoms. The van der Waals surface area contributed by atoms with Gasteiger partial charge in [-0.15, -0.1) is 0 Å². The van der Waals surface area contributed by atoms with Gasteiger partial charge in [-0.05, 0) is 36.4 Å². The lowest BCUT2D eigenvalue weighted by atomic mass is 10.4. The molecule has 3 aromatic rings. The molecule has 0 radical (unpaired) electrons. The standard InChI is InChI=1S/C22H17N2O2P/c25-21-20(23-22(26)24-21)16-27(17-10-4-1-5-11-17,18-12-6-2-7-13-18)19-14-8-3-9-15-19/h1-16H,(H-,23,24,25,26)/p+1/b20-16-. The van der Waals surface area contributed by atoms with Crippen molar-refractivity contribution in [2.45, 2.75) is 0 Å². The molecule has 27 heavy (non-hydrogen) atoms. The van der Waals surface area contributed by atoms with Crippen molar-refractivity contribution < 1.29 is 9.59 Å². The zero-order chi connectivity index (χ0) is 18.7. The third-order valence-corrected chi connectivity index (χ3v) is 8.52. The number of benzene rings is 3. The van der Waals surface area contributed by atoms with Gasteiger partial charge in [-0.1, -0.05) is 54.6 Å². The number of hydrogen-bond acceptors (Lipinski definition) is 2. The maximum Gasteiger partial charge on any atom is 0.326 e. The van der Waals surface area contributed by atoms with Gasteiger partial charge in [0.15, 0.2) is 0 Å². The van der Waals surface area contributed by atoms with Gasteiger partial charge in [0.1, 0.15) is 34.7 Å². The van der Waals surface area contributed by atoms with Crippen molar-refractivity contribution >= 4 is 35.1 Å². The summed E-state index contributed by atoms with van der Waals surface area (Å²) in [4.78, 5) is 24.0. The van der Waals surface area contributed by atoms with E-state index in [1.165, 1.54) is 0 Å². The largest absolute Gasteiger partial charge is 0.326 e. The van der Waals surface area contributed by atoms with Gasteiger partial charge in [0.25, 0.3) is 5.91 Å². The molecule has 1 fully saturated rings. The highest BCUT2D eigenvalue weighted by Gasteiger charge is 2.45. The number of carbonyl (C=O) groups excluding carboxylic acids is 2. The van der Waals surface area contributed by atoms with Gasteiger partial charge in [-0.2, -0.15) is 0 Å². The highest BCUT2D eigenvalue weighted by molar-refractivity contribution is 7.98. The number of nitrogens with one attached hydrogen (secondary N) is 2. The Morgan fingerprint density at radius 2 is 1.00 bits per heavy atom. The number of rotatable bonds is 4. The lowest BCUT2D eigenvalue weighted by molar-refractivity contribution is -0.115. The predicted molar refractivity (Wildman–Crippen MR) is 110 cm³/mol. The van der Waals surface area contributed by atoms with Crippen molar-refractivity contribution in [3.05, 3.63) is 103 Å². The summed E-state index contributed by atoms with van der Waals surface area (Å²) in [5.74, 6) is 1.56. The van der Waals surface area contributed by atoms with E-state index in [-0.39, 0.29) is 0 Å². The number of amides is 3. The smallest absolute Gasteiger partial charge is 0.300 e. The molecule has 0 aromatic heterocycles. The minimum atomic E-state index is -2.30. The van der Waals surface area contributed by atoms with Gasteiger partial charge in [0, 0.05) is 0 Å². The number of imide groups is 1. The zero-order valence-electron chi connectivity index (χ0n) is 14.5. The molecule has 1 saturated heterocycles. The first-order valence-corrected chi connectivity index (χ1v) is 10.5. The van der Waals surface area contributed by atoms with Crippen LogP contribution in [0.15, 0.2) is 103 Å². The van der Waals surface area contributed by atoms with E-state index in [1.54, 1.807) is 0 Å². The summed E-state index contributed by atoms with van der Waals surface area (Å²) in [6.45, 7) is 0. The summed E-state index contributed by atoms with van der Waals surface area (Å²) < 4.78 is 0. The molecular weight excluding hydrogens is 355 g/mol. The minimum Gasteiger partial charge on any atom is -0.300 e. The molecule has 5 heteroatoms. The van der Waals surface area contributed by atoms with E-state index < -0.39 is 19.2 Å². The fourth-order valence-corrected chi connectivity index (χ4v) is 7.16. The van der Waals surface area contributed by atoms with Crippen molar-refractivity contribution in [2.75, 3.05) is 0 Å². The third kappa shape index (κ3) is 3.16. The van der Waals surface area contributed by atoms with Gasteiger partial charge < -0.3 is 0 Å². The van der Waals surface area contributed by atoms with Crippen LogP contribution in [0.3, 0.4) is 0 Å². The van der Waals surface area contributed by atoms with Crippen LogP contribution in [0, 0.1) is 0 Å². The highest BCUT2D eigenvalue weighted by Crippen LogP contribution is 2.57. The van der Waals surface area contributed by atoms with Gasteiger partial charge >= 0.3 is 6.03 Å². The van der Waals surface area contributed by atoms with Gasteiger partial charge in [0.05, 0.1) is 0 Å². The maximum absolute atomic E-state index is 12.3. The molecule has 0 bridgehead atoms. The number of urea groups is 1. The van der Waals surface area contributed by atoms with E-state index in [2.05, 4.69) is 47.0 Å². The Bertz CT molecular complexity index is 906. The zero-order valence-corrected chi connectivity index (χ0v) is 15.4. The second kappa shape index (κ2) is 7.18. The Labute approximate surface area is 158 Å². The maximum atomic E-state index is 12.3. The Hall–Kier alpha value is -3.23. The summed E-state index contributed by atoms with van der Waals surface area (Å²) in [5.41, 5.74) is 0.296. The van der Waals surface area contributed by atoms with E-state index in [9.17, 15) is 9.59 Å². The van der Waals surface area contributed by atoms with E-state index in [4.69, 9.17) is 0 Å². The molecule has 132 valence electrons. The Kier molecular flexibility index (Phi) is 4.57. The highest BCUT2D eigenvalue weighted by atomic mass is 31.2. The second-order valence-electron chi connectivity index (χ2n) is 6.18. The van der Waals surface area contributed by atoms with Crippen molar-refractivity contribution in [3.63, 3.8) is 0 Å². The predicted octanol–water partition coefficient (Wildman–Crippen LogP) is 2.66. The van der Waals surface area contributed by atoms with E-state index in [1.807, 2.05) is 60.4 Å². The molecule has 3 aromatic carbocycles. The molecule has 2 N–H and O–H groups in total. The van der Waals surface area contributed by atoms with Crippen LogP contribution in [0.25, 0.3) is 0 Å². The van der Waals surface area contributed by atoms with Crippen LogP contribution in [0.2, 0.25) is 0 Å². The quantitative estimate of drug-likeness (QED) is 0.420. The van der Waals surface area contributed by atoms with Crippen LogP contribution in [0.5, 0.6) is 0 Å². The third-order valence-electron chi connectivity index (χ3n) is 4.53. The molecule has 4 nitrogen and oxygen atoms in total. The van der Waals surface area contributed by atoms with E-state index in [0.29, 0.717) is 5.70 Å². The second-order valence-corrected chi connectivity index (χ2v) is 9.43. The molecule has 0 saturated carbocycles. The van der Waals surface area contributed by atoms with E-state index in [0.717, 1.165) is 15.9 Å². The van der Waals surface area contributed by atoms with Crippen LogP contribution in [-0.4, -0.2) is 11.9 Å². The number of hydrogen-bond donors (Lipinski definition) is 2. The molecule has 0 unspecified atom stereocenters. The molecule has 4 rings (SSSR count). The first-order valence-electron chi connectivity index (χ1n) is 8.61. The summed E-state index contributed by atoms with van der Waals surface area (Å²) >= 11 is 0. The van der Waals surface area contributed by atoms with E-state index >= 15 is 0 Å². The van der Waals surface area contributed by atoms with Gasteiger partial charge in [0.2, 0.25) is 0 Å². The van der Waals surface area contributed by atoms with Crippen molar-refractivity contribution in [3.8, 4) is 0 Å². The monoisotopic (exact) mass is 373 g/mol. The SMILES string of the molecule is O=C1NC(=O)/C(=C/[P+](c2ccccc2)(c2ccccc2)c2ccccc2)N1. The van der Waals surface area contributed by atoms with Crippen molar-refractivity contribution in [1.29, 1.82) is 0 Å². The lowest BCUT2D eigenvalue weighted by Crippen LogP contribution is -2.30. The summed E-state index contributed by atoms with van der Waals surface area (Å²) in [7, 11) is -2.30. The van der Waals surface area contributed by atoms with Crippen LogP contribution in [0.1, 0.15) is 0 Å². The van der Waals surface area contributed by atoms with Gasteiger partial charge in [-0.3, -0.25) is 15.4 Å². The lowest BCUT2D eigenvalue weighted by Gasteiger charge is -2.24. The molecule has 0 atom stereocenters. The van der Waals surface area contributed by atoms with Crippen LogP contribution in [0.4, 0.5) is 4.79 Å². The fourth-order valence-electron chi connectivity index (χ4n) is 3.33. The fraction of sp³-hybridized carbons (Fsp3) is 0. The average Bonchev–Trinajstić information content (AvgIpc) is 3.04. The molecule has 1 heterocycles. The molecular formula is C22H18N2O2P+. The Morgan fingerprint density at radius 1 is 0.593 bits per heavy atom. The summed E-state index contributed by atoms with van der Waals surface area (Å²) in [6.07, 6.45) is 0.